The summed E-state index contributed by atoms with van der Waals surface area (Å²) in [5, 5.41) is 3.69. The van der Waals surface area contributed by atoms with Crippen LogP contribution in [0.5, 0.6) is 0 Å². The predicted octanol–water partition coefficient (Wildman–Crippen LogP) is 3.77. The molecule has 0 aliphatic rings. The zero-order valence-corrected chi connectivity index (χ0v) is 12.8. The highest BCUT2D eigenvalue weighted by Crippen LogP contribution is 2.38. The Kier molecular flexibility index (Phi) is 3.50. The van der Waals surface area contributed by atoms with Crippen molar-refractivity contribution < 1.29 is 9.21 Å². The maximum Gasteiger partial charge on any atom is 0.263 e. The molecule has 0 aliphatic carbocycles. The number of hydrogen-bond donors (Lipinski definition) is 2. The van der Waals surface area contributed by atoms with Gasteiger partial charge in [-0.05, 0) is 24.3 Å². The Labute approximate surface area is 127 Å². The van der Waals surface area contributed by atoms with Gasteiger partial charge in [0.15, 0.2) is 0 Å². The highest BCUT2D eigenvalue weighted by Gasteiger charge is 2.17. The Bertz CT molecular complexity index is 765. The van der Waals surface area contributed by atoms with E-state index in [-0.39, 0.29) is 5.91 Å². The van der Waals surface area contributed by atoms with Crippen molar-refractivity contribution in [2.75, 3.05) is 5.73 Å². The number of halogens is 1. The molecule has 0 fully saturated rings. The van der Waals surface area contributed by atoms with Crippen LogP contribution < -0.4 is 11.1 Å². The normalized spacial score (nSPS) is 10.8. The summed E-state index contributed by atoms with van der Waals surface area (Å²) in [6.45, 7) is 0.348. The first-order valence-electron chi connectivity index (χ1n) is 5.94. The molecule has 0 radical (unpaired) electrons. The highest BCUT2D eigenvalue weighted by molar-refractivity contribution is 9.10. The monoisotopic (exact) mass is 350 g/mol. The Morgan fingerprint density at radius 1 is 1.35 bits per heavy atom. The number of hydrogen-bond acceptors (Lipinski definition) is 4. The summed E-state index contributed by atoms with van der Waals surface area (Å²) >= 11 is 4.85. The van der Waals surface area contributed by atoms with E-state index < -0.39 is 0 Å². The molecule has 0 unspecified atom stereocenters. The van der Waals surface area contributed by atoms with Crippen LogP contribution in [0.2, 0.25) is 0 Å². The van der Waals surface area contributed by atoms with Gasteiger partial charge in [-0.3, -0.25) is 4.79 Å². The lowest BCUT2D eigenvalue weighted by Crippen LogP contribution is -2.22. The van der Waals surface area contributed by atoms with Crippen LogP contribution in [0, 0.1) is 0 Å². The number of anilines is 1. The van der Waals surface area contributed by atoms with Crippen molar-refractivity contribution in [1.82, 2.24) is 5.32 Å². The fourth-order valence-electron chi connectivity index (χ4n) is 1.96. The lowest BCUT2D eigenvalue weighted by Gasteiger charge is -2.02. The Balaban J connectivity index is 1.88. The van der Waals surface area contributed by atoms with E-state index in [0.29, 0.717) is 22.9 Å². The summed E-state index contributed by atoms with van der Waals surface area (Å²) in [5.41, 5.74) is 6.59. The molecule has 1 amide bonds. The molecule has 102 valence electrons. The molecule has 20 heavy (non-hydrogen) atoms. The number of nitrogens with two attached hydrogens (primary N) is 1. The van der Waals surface area contributed by atoms with Crippen LogP contribution in [-0.2, 0) is 6.54 Å². The van der Waals surface area contributed by atoms with Crippen molar-refractivity contribution in [3.63, 3.8) is 0 Å². The summed E-state index contributed by atoms with van der Waals surface area (Å²) < 4.78 is 7.06. The van der Waals surface area contributed by atoms with E-state index in [2.05, 4.69) is 21.2 Å². The summed E-state index contributed by atoms with van der Waals surface area (Å²) in [4.78, 5) is 12.7. The third-order valence-electron chi connectivity index (χ3n) is 2.91. The van der Waals surface area contributed by atoms with Crippen LogP contribution in [0.15, 0.2) is 45.5 Å². The molecule has 2 heterocycles. The molecule has 4 nitrogen and oxygen atoms in total. The largest absolute Gasteiger partial charge is 0.467 e. The Morgan fingerprint density at radius 2 is 2.20 bits per heavy atom. The van der Waals surface area contributed by atoms with Crippen molar-refractivity contribution in [3.05, 3.63) is 51.7 Å². The van der Waals surface area contributed by atoms with Gasteiger partial charge in [-0.2, -0.15) is 0 Å². The minimum Gasteiger partial charge on any atom is -0.467 e. The number of nitrogens with one attached hydrogen (secondary N) is 1. The number of carbonyl (C=O) groups excluding carboxylic acids is 1. The van der Waals surface area contributed by atoms with Gasteiger partial charge in [0, 0.05) is 14.6 Å². The van der Waals surface area contributed by atoms with E-state index in [1.807, 2.05) is 24.3 Å². The van der Waals surface area contributed by atoms with Crippen LogP contribution in [0.1, 0.15) is 15.4 Å². The molecule has 2 aromatic heterocycles. The van der Waals surface area contributed by atoms with Gasteiger partial charge in [0.2, 0.25) is 0 Å². The number of benzene rings is 1. The molecule has 6 heteroatoms. The van der Waals surface area contributed by atoms with Gasteiger partial charge >= 0.3 is 0 Å². The molecule has 3 rings (SSSR count). The second-order valence-electron chi connectivity index (χ2n) is 4.22. The minimum absolute atomic E-state index is 0.188. The van der Waals surface area contributed by atoms with Gasteiger partial charge in [0.05, 0.1) is 18.5 Å². The lowest BCUT2D eigenvalue weighted by molar-refractivity contribution is 0.0953. The highest BCUT2D eigenvalue weighted by atomic mass is 79.9. The van der Waals surface area contributed by atoms with Crippen LogP contribution in [-0.4, -0.2) is 5.91 Å². The lowest BCUT2D eigenvalue weighted by atomic mass is 10.2. The van der Waals surface area contributed by atoms with Gasteiger partial charge in [-0.1, -0.05) is 22.0 Å². The van der Waals surface area contributed by atoms with E-state index in [1.165, 1.54) is 11.3 Å². The fraction of sp³-hybridized carbons (Fsp3) is 0.0714. The smallest absolute Gasteiger partial charge is 0.263 e. The number of fused-ring (bicyclic) bond motifs is 1. The molecule has 0 bridgehead atoms. The van der Waals surface area contributed by atoms with Crippen molar-refractivity contribution in [2.24, 2.45) is 0 Å². The quantitative estimate of drug-likeness (QED) is 0.755. The molecule has 0 atom stereocenters. The van der Waals surface area contributed by atoms with Gasteiger partial charge in [0.1, 0.15) is 10.6 Å². The summed E-state index contributed by atoms with van der Waals surface area (Å²) in [7, 11) is 0. The molecule has 3 N–H and O–H groups in total. The molecule has 0 spiro atoms. The minimum atomic E-state index is -0.188. The third-order valence-corrected chi connectivity index (χ3v) is 4.74. The summed E-state index contributed by atoms with van der Waals surface area (Å²) in [5.74, 6) is 0.520. The maximum absolute atomic E-state index is 12.2. The Morgan fingerprint density at radius 3 is 2.90 bits per heavy atom. The second-order valence-corrected chi connectivity index (χ2v) is 6.13. The summed E-state index contributed by atoms with van der Waals surface area (Å²) in [6, 6.07) is 9.38. The standard InChI is InChI=1S/C14H11BrN2O2S/c15-9-4-1-5-10-11(9)12(16)13(20-10)14(18)17-7-8-3-2-6-19-8/h1-6H,7,16H2,(H,17,18). The molecular formula is C14H11BrN2O2S. The van der Waals surface area contributed by atoms with Crippen LogP contribution in [0.25, 0.3) is 10.1 Å². The predicted molar refractivity (Wildman–Crippen MR) is 83.8 cm³/mol. The number of amides is 1. The van der Waals surface area contributed by atoms with Gasteiger partial charge in [0.25, 0.3) is 5.91 Å². The van der Waals surface area contributed by atoms with E-state index in [1.54, 1.807) is 12.3 Å². The van der Waals surface area contributed by atoms with Crippen LogP contribution in [0.4, 0.5) is 5.69 Å². The molecular weight excluding hydrogens is 340 g/mol. The summed E-state index contributed by atoms with van der Waals surface area (Å²) in [6.07, 6.45) is 1.58. The fourth-order valence-corrected chi connectivity index (χ4v) is 3.74. The molecule has 0 aliphatic heterocycles. The van der Waals surface area contributed by atoms with E-state index >= 15 is 0 Å². The zero-order valence-electron chi connectivity index (χ0n) is 10.4. The van der Waals surface area contributed by atoms with Gasteiger partial charge in [-0.15, -0.1) is 11.3 Å². The average Bonchev–Trinajstić information content (AvgIpc) is 3.05. The van der Waals surface area contributed by atoms with E-state index in [0.717, 1.165) is 14.6 Å². The number of furan rings is 1. The average molecular weight is 351 g/mol. The Hall–Kier alpha value is -1.79. The van der Waals surface area contributed by atoms with Crippen molar-refractivity contribution in [2.45, 2.75) is 6.54 Å². The van der Waals surface area contributed by atoms with E-state index in [9.17, 15) is 4.79 Å². The SMILES string of the molecule is Nc1c(C(=O)NCc2ccco2)sc2cccc(Br)c12. The van der Waals surface area contributed by atoms with Gasteiger partial charge in [-0.25, -0.2) is 0 Å². The zero-order chi connectivity index (χ0) is 14.1. The number of nitrogen functional groups attached to an aromatic ring is 1. The number of rotatable bonds is 3. The van der Waals surface area contributed by atoms with Crippen LogP contribution in [0.3, 0.4) is 0 Å². The first-order valence-corrected chi connectivity index (χ1v) is 7.55. The molecule has 0 saturated carbocycles. The number of carbonyl (C=O) groups is 1. The number of thiophene rings is 1. The van der Waals surface area contributed by atoms with Crippen molar-refractivity contribution >= 4 is 48.9 Å². The maximum atomic E-state index is 12.2. The molecule has 1 aromatic carbocycles. The topological polar surface area (TPSA) is 68.3 Å². The first-order chi connectivity index (χ1) is 9.66. The third kappa shape index (κ3) is 2.32. The first kappa shape index (κ1) is 13.2. The van der Waals surface area contributed by atoms with Crippen molar-refractivity contribution in [3.8, 4) is 0 Å². The van der Waals surface area contributed by atoms with Crippen molar-refractivity contribution in [1.29, 1.82) is 0 Å². The van der Waals surface area contributed by atoms with E-state index in [4.69, 9.17) is 10.2 Å². The molecule has 0 saturated heterocycles. The van der Waals surface area contributed by atoms with Crippen LogP contribution >= 0.6 is 27.3 Å². The molecule has 3 aromatic rings. The second kappa shape index (κ2) is 5.30. The van der Waals surface area contributed by atoms with Gasteiger partial charge < -0.3 is 15.5 Å².